The van der Waals surface area contributed by atoms with Gasteiger partial charge in [0.2, 0.25) is 0 Å². The largest absolute Gasteiger partial charge is 0.491 e. The number of ether oxygens (including phenoxy) is 1. The molecule has 0 aliphatic rings. The summed E-state index contributed by atoms with van der Waals surface area (Å²) < 4.78 is 5.57. The highest BCUT2D eigenvalue weighted by atomic mass is 16.5. The van der Waals surface area contributed by atoms with Gasteiger partial charge in [0.15, 0.2) is 0 Å². The van der Waals surface area contributed by atoms with Crippen LogP contribution in [0.15, 0.2) is 42.5 Å². The highest BCUT2D eigenvalue weighted by molar-refractivity contribution is 6.00. The average Bonchev–Trinajstić information content (AvgIpc) is 2.43. The van der Waals surface area contributed by atoms with Crippen molar-refractivity contribution in [1.29, 1.82) is 0 Å². The minimum Gasteiger partial charge on any atom is -0.491 e. The Balaban J connectivity index is 1.97. The van der Waals surface area contributed by atoms with Gasteiger partial charge in [-0.2, -0.15) is 0 Å². The third kappa shape index (κ3) is 4.52. The number of hydrogen-bond acceptors (Lipinski definition) is 2. The van der Waals surface area contributed by atoms with Crippen molar-refractivity contribution in [2.75, 3.05) is 10.6 Å². The molecule has 2 N–H and O–H groups in total. The minimum atomic E-state index is -0.260. The monoisotopic (exact) mass is 298 g/mol. The molecule has 0 atom stereocenters. The van der Waals surface area contributed by atoms with Crippen LogP contribution in [0.25, 0.3) is 0 Å². The lowest BCUT2D eigenvalue weighted by atomic mass is 10.1. The highest BCUT2D eigenvalue weighted by Gasteiger charge is 2.05. The molecule has 2 rings (SSSR count). The van der Waals surface area contributed by atoms with Gasteiger partial charge in [0.05, 0.1) is 6.10 Å². The molecule has 0 spiro atoms. The zero-order chi connectivity index (χ0) is 16.1. The summed E-state index contributed by atoms with van der Waals surface area (Å²) in [5.41, 5.74) is 3.74. The van der Waals surface area contributed by atoms with Crippen LogP contribution in [-0.2, 0) is 0 Å². The molecule has 0 heterocycles. The van der Waals surface area contributed by atoms with Gasteiger partial charge >= 0.3 is 6.03 Å². The molecule has 0 aromatic heterocycles. The third-order valence-corrected chi connectivity index (χ3v) is 3.11. The normalized spacial score (nSPS) is 10.4. The summed E-state index contributed by atoms with van der Waals surface area (Å²) in [6, 6.07) is 13.0. The summed E-state index contributed by atoms with van der Waals surface area (Å²) in [7, 11) is 0. The third-order valence-electron chi connectivity index (χ3n) is 3.11. The Labute approximate surface area is 131 Å². The Bertz CT molecular complexity index is 649. The van der Waals surface area contributed by atoms with Crippen molar-refractivity contribution < 1.29 is 9.53 Å². The number of urea groups is 1. The van der Waals surface area contributed by atoms with Crippen molar-refractivity contribution in [3.05, 3.63) is 53.6 Å². The van der Waals surface area contributed by atoms with Crippen LogP contribution >= 0.6 is 0 Å². The zero-order valence-corrected chi connectivity index (χ0v) is 13.4. The standard InChI is InChI=1S/C18H22N2O2/c1-12(2)22-16-8-6-15(7-9-16)19-18(21)20-17-10-5-13(3)11-14(17)4/h5-12H,1-4H3,(H2,19,20,21). The second-order valence-electron chi connectivity index (χ2n) is 5.59. The Morgan fingerprint density at radius 3 is 2.27 bits per heavy atom. The summed E-state index contributed by atoms with van der Waals surface area (Å²) in [5.74, 6) is 0.787. The van der Waals surface area contributed by atoms with Crippen LogP contribution in [0.2, 0.25) is 0 Å². The van der Waals surface area contributed by atoms with Crippen LogP contribution in [-0.4, -0.2) is 12.1 Å². The Hall–Kier alpha value is -2.49. The summed E-state index contributed by atoms with van der Waals surface area (Å²) in [6.07, 6.45) is 0.131. The van der Waals surface area contributed by atoms with E-state index in [-0.39, 0.29) is 12.1 Å². The molecule has 0 fully saturated rings. The fraction of sp³-hybridized carbons (Fsp3) is 0.278. The summed E-state index contributed by atoms with van der Waals surface area (Å²) in [5, 5.41) is 5.66. The number of anilines is 2. The van der Waals surface area contributed by atoms with E-state index in [1.54, 1.807) is 0 Å². The topological polar surface area (TPSA) is 50.4 Å². The average molecular weight is 298 g/mol. The number of carbonyl (C=O) groups is 1. The van der Waals surface area contributed by atoms with Crippen molar-refractivity contribution in [1.82, 2.24) is 0 Å². The lowest BCUT2D eigenvalue weighted by molar-refractivity contribution is 0.242. The Kier molecular flexibility index (Phi) is 5.04. The SMILES string of the molecule is Cc1ccc(NC(=O)Nc2ccc(OC(C)C)cc2)c(C)c1. The van der Waals surface area contributed by atoms with Gasteiger partial charge in [-0.1, -0.05) is 17.7 Å². The van der Waals surface area contributed by atoms with E-state index in [0.717, 1.165) is 22.7 Å². The highest BCUT2D eigenvalue weighted by Crippen LogP contribution is 2.19. The van der Waals surface area contributed by atoms with E-state index in [0.29, 0.717) is 0 Å². The van der Waals surface area contributed by atoms with E-state index < -0.39 is 0 Å². The molecule has 4 nitrogen and oxygen atoms in total. The van der Waals surface area contributed by atoms with Crippen molar-refractivity contribution in [2.45, 2.75) is 33.8 Å². The fourth-order valence-corrected chi connectivity index (χ4v) is 2.13. The predicted octanol–water partition coefficient (Wildman–Crippen LogP) is 4.73. The van der Waals surface area contributed by atoms with Crippen molar-refractivity contribution in [3.63, 3.8) is 0 Å². The maximum atomic E-state index is 12.0. The molecule has 2 amide bonds. The van der Waals surface area contributed by atoms with Gasteiger partial charge in [-0.05, 0) is 63.6 Å². The van der Waals surface area contributed by atoms with E-state index in [9.17, 15) is 4.79 Å². The lowest BCUT2D eigenvalue weighted by Gasteiger charge is -2.12. The molecule has 4 heteroatoms. The van der Waals surface area contributed by atoms with Gasteiger partial charge in [0.1, 0.15) is 5.75 Å². The van der Waals surface area contributed by atoms with E-state index in [2.05, 4.69) is 10.6 Å². The Morgan fingerprint density at radius 2 is 1.68 bits per heavy atom. The number of rotatable bonds is 4. The van der Waals surface area contributed by atoms with Crippen molar-refractivity contribution >= 4 is 17.4 Å². The van der Waals surface area contributed by atoms with Gasteiger partial charge < -0.3 is 15.4 Å². The summed E-state index contributed by atoms with van der Waals surface area (Å²) in [4.78, 5) is 12.0. The van der Waals surface area contributed by atoms with Gasteiger partial charge in [0, 0.05) is 11.4 Å². The van der Waals surface area contributed by atoms with Gasteiger partial charge in [-0.15, -0.1) is 0 Å². The molecule has 116 valence electrons. The second-order valence-corrected chi connectivity index (χ2v) is 5.59. The van der Waals surface area contributed by atoms with Crippen LogP contribution in [0.5, 0.6) is 5.75 Å². The molecule has 0 bridgehead atoms. The number of amides is 2. The van der Waals surface area contributed by atoms with E-state index in [1.165, 1.54) is 5.56 Å². The lowest BCUT2D eigenvalue weighted by Crippen LogP contribution is -2.20. The van der Waals surface area contributed by atoms with E-state index >= 15 is 0 Å². The van der Waals surface area contributed by atoms with Crippen molar-refractivity contribution in [3.8, 4) is 5.75 Å². The Morgan fingerprint density at radius 1 is 1.00 bits per heavy atom. The van der Waals surface area contributed by atoms with Crippen LogP contribution in [0, 0.1) is 13.8 Å². The first-order valence-electron chi connectivity index (χ1n) is 7.36. The van der Waals surface area contributed by atoms with E-state index in [1.807, 2.05) is 70.2 Å². The zero-order valence-electron chi connectivity index (χ0n) is 13.4. The molecular weight excluding hydrogens is 276 g/mol. The fourth-order valence-electron chi connectivity index (χ4n) is 2.13. The van der Waals surface area contributed by atoms with Crippen molar-refractivity contribution in [2.24, 2.45) is 0 Å². The first-order chi connectivity index (χ1) is 10.4. The number of carbonyl (C=O) groups excluding carboxylic acids is 1. The quantitative estimate of drug-likeness (QED) is 0.857. The molecule has 2 aromatic rings. The van der Waals surface area contributed by atoms with Crippen LogP contribution < -0.4 is 15.4 Å². The maximum Gasteiger partial charge on any atom is 0.323 e. The van der Waals surface area contributed by atoms with Crippen LogP contribution in [0.4, 0.5) is 16.2 Å². The number of aryl methyl sites for hydroxylation is 2. The van der Waals surface area contributed by atoms with Gasteiger partial charge in [-0.25, -0.2) is 4.79 Å². The first kappa shape index (κ1) is 15.9. The number of nitrogens with one attached hydrogen (secondary N) is 2. The predicted molar refractivity (Wildman–Crippen MR) is 90.8 cm³/mol. The van der Waals surface area contributed by atoms with Crippen LogP contribution in [0.1, 0.15) is 25.0 Å². The summed E-state index contributed by atoms with van der Waals surface area (Å²) >= 11 is 0. The number of hydrogen-bond donors (Lipinski definition) is 2. The molecular formula is C18H22N2O2. The van der Waals surface area contributed by atoms with E-state index in [4.69, 9.17) is 4.74 Å². The molecule has 0 unspecified atom stereocenters. The molecule has 0 radical (unpaired) electrons. The summed E-state index contributed by atoms with van der Waals surface area (Å²) in [6.45, 7) is 7.95. The molecule has 0 saturated carbocycles. The second kappa shape index (κ2) is 6.98. The first-order valence-corrected chi connectivity index (χ1v) is 7.36. The molecule has 22 heavy (non-hydrogen) atoms. The molecule has 2 aromatic carbocycles. The minimum absolute atomic E-state index is 0.131. The number of benzene rings is 2. The van der Waals surface area contributed by atoms with Crippen LogP contribution in [0.3, 0.4) is 0 Å². The van der Waals surface area contributed by atoms with Gasteiger partial charge in [0.25, 0.3) is 0 Å². The molecule has 0 saturated heterocycles. The smallest absolute Gasteiger partial charge is 0.323 e. The van der Waals surface area contributed by atoms with Gasteiger partial charge in [-0.3, -0.25) is 0 Å². The maximum absolute atomic E-state index is 12.0. The molecule has 0 aliphatic carbocycles. The molecule has 0 aliphatic heterocycles.